The van der Waals surface area contributed by atoms with Gasteiger partial charge < -0.3 is 9.76 Å². The summed E-state index contributed by atoms with van der Waals surface area (Å²) in [5.74, 6) is 0.382. The van der Waals surface area contributed by atoms with Crippen molar-refractivity contribution in [1.82, 2.24) is 0 Å². The fourth-order valence-corrected chi connectivity index (χ4v) is 6.72. The summed E-state index contributed by atoms with van der Waals surface area (Å²) >= 11 is 0. The predicted molar refractivity (Wildman–Crippen MR) is 103 cm³/mol. The average molecular weight is 375 g/mol. The van der Waals surface area contributed by atoms with Gasteiger partial charge in [0.2, 0.25) is 0 Å². The minimum Gasteiger partial charge on any atom is -0.462 e. The molecule has 1 aromatic carbocycles. The molecule has 1 aliphatic heterocycles. The zero-order valence-corrected chi connectivity index (χ0v) is 15.9. The maximum Gasteiger partial charge on any atom is 0.322 e. The second-order valence-electron chi connectivity index (χ2n) is 6.54. The van der Waals surface area contributed by atoms with E-state index in [4.69, 9.17) is 9.76 Å². The molecule has 1 saturated carbocycles. The third kappa shape index (κ3) is 5.00. The van der Waals surface area contributed by atoms with Crippen LogP contribution in [0.25, 0.3) is 0 Å². The second kappa shape index (κ2) is 9.08. The van der Waals surface area contributed by atoms with E-state index in [0.29, 0.717) is 34.9 Å². The highest BCUT2D eigenvalue weighted by Crippen LogP contribution is 2.54. The van der Waals surface area contributed by atoms with Gasteiger partial charge in [-0.2, -0.15) is 0 Å². The Balaban J connectivity index is 1.58. The van der Waals surface area contributed by atoms with Crippen molar-refractivity contribution in [3.8, 4) is 0 Å². The summed E-state index contributed by atoms with van der Waals surface area (Å²) in [6, 6.07) is 10.00. The number of carbonyl (C=O) groups excluding carboxylic acids is 2. The Morgan fingerprint density at radius 3 is 2.92 bits per heavy atom. The molecule has 1 heterocycles. The van der Waals surface area contributed by atoms with Crippen molar-refractivity contribution in [2.24, 2.45) is 11.8 Å². The third-order valence-corrected chi connectivity index (χ3v) is 8.24. The molecule has 1 saturated heterocycles. The Kier molecular flexibility index (Phi) is 6.81. The van der Waals surface area contributed by atoms with E-state index in [-0.39, 0.29) is 29.7 Å². The zero-order valence-electron chi connectivity index (χ0n) is 13.9. The molecule has 25 heavy (non-hydrogen) atoms. The van der Waals surface area contributed by atoms with Gasteiger partial charge in [-0.05, 0) is 36.1 Å². The standard InChI is InChI=1S/C18H22BO4P2/c20-13(7-6-12-4-2-1-3-5-12)8-9-14-15-10-18(21)23-16(15)11-17(14)24-25-19-22/h1-5,8-9,14-17,22,24-25H,6-7,10-11H2/b9-8+/t14-,15-,16?,17-/m1/s1. The topological polar surface area (TPSA) is 63.6 Å². The minimum absolute atomic E-state index is 0.0115. The van der Waals surface area contributed by atoms with Crippen LogP contribution in [-0.4, -0.2) is 35.7 Å². The van der Waals surface area contributed by atoms with Crippen LogP contribution >= 0.6 is 16.4 Å². The average Bonchev–Trinajstić information content (AvgIpc) is 3.13. The van der Waals surface area contributed by atoms with Crippen LogP contribution in [0.3, 0.4) is 0 Å². The van der Waals surface area contributed by atoms with Gasteiger partial charge in [0, 0.05) is 12.3 Å². The Hall–Kier alpha value is -1.02. The molecule has 7 heteroatoms. The Morgan fingerprint density at radius 1 is 1.36 bits per heavy atom. The number of hydrogen-bond acceptors (Lipinski definition) is 4. The Labute approximate surface area is 152 Å². The number of hydrogen-bond donors (Lipinski definition) is 1. The van der Waals surface area contributed by atoms with E-state index in [2.05, 4.69) is 0 Å². The highest BCUT2D eigenvalue weighted by molar-refractivity contribution is 8.24. The number of carbonyl (C=O) groups is 2. The molecule has 2 aliphatic rings. The molecule has 1 aromatic rings. The molecule has 4 nitrogen and oxygen atoms in total. The number of allylic oxidation sites excluding steroid dienone is 2. The van der Waals surface area contributed by atoms with Gasteiger partial charge in [-0.3, -0.25) is 9.59 Å². The van der Waals surface area contributed by atoms with Gasteiger partial charge >= 0.3 is 13.2 Å². The summed E-state index contributed by atoms with van der Waals surface area (Å²) in [6.45, 7) is 0. The van der Waals surface area contributed by atoms with Crippen molar-refractivity contribution >= 4 is 35.4 Å². The van der Waals surface area contributed by atoms with Crippen LogP contribution in [0.5, 0.6) is 0 Å². The molecule has 6 atom stereocenters. The number of aryl methyl sites for hydroxylation is 1. The molecule has 0 bridgehead atoms. The van der Waals surface area contributed by atoms with Crippen molar-refractivity contribution in [1.29, 1.82) is 0 Å². The van der Waals surface area contributed by atoms with Gasteiger partial charge in [0.15, 0.2) is 5.78 Å². The van der Waals surface area contributed by atoms with Crippen LogP contribution in [-0.2, 0) is 20.7 Å². The van der Waals surface area contributed by atoms with E-state index in [1.807, 2.05) is 36.4 Å². The van der Waals surface area contributed by atoms with E-state index >= 15 is 0 Å². The van der Waals surface area contributed by atoms with Gasteiger partial charge in [0.05, 0.1) is 6.42 Å². The molecular weight excluding hydrogens is 353 g/mol. The fraction of sp³-hybridized carbons (Fsp3) is 0.444. The fourth-order valence-electron chi connectivity index (χ4n) is 3.73. The Bertz CT molecular complexity index is 637. The molecule has 131 valence electrons. The monoisotopic (exact) mass is 375 g/mol. The molecule has 1 N–H and O–H groups in total. The maximum absolute atomic E-state index is 12.2. The highest BCUT2D eigenvalue weighted by Gasteiger charge is 2.48. The highest BCUT2D eigenvalue weighted by atomic mass is 32.0. The Morgan fingerprint density at radius 2 is 2.16 bits per heavy atom. The van der Waals surface area contributed by atoms with Gasteiger partial charge in [-0.15, -0.1) is 16.4 Å². The van der Waals surface area contributed by atoms with Crippen LogP contribution in [0.1, 0.15) is 24.8 Å². The van der Waals surface area contributed by atoms with Gasteiger partial charge in [0.25, 0.3) is 0 Å². The van der Waals surface area contributed by atoms with Gasteiger partial charge in [-0.25, -0.2) is 0 Å². The summed E-state index contributed by atoms with van der Waals surface area (Å²) in [7, 11) is 2.26. The number of ether oxygens (including phenoxy) is 1. The first-order valence-electron chi connectivity index (χ1n) is 8.59. The SMILES string of the molecule is O=C(/C=C/[C@H]1[C@H](PP[B]O)CC2OC(=O)C[C@@H]21)CCc1ccccc1. The molecule has 1 radical (unpaired) electrons. The molecular formula is C18H22BO4P2. The summed E-state index contributed by atoms with van der Waals surface area (Å²) in [6.07, 6.45) is 6.22. The molecule has 0 spiro atoms. The van der Waals surface area contributed by atoms with E-state index in [0.717, 1.165) is 12.8 Å². The molecule has 0 amide bonds. The predicted octanol–water partition coefficient (Wildman–Crippen LogP) is 2.86. The first kappa shape index (κ1) is 18.8. The zero-order chi connectivity index (χ0) is 17.6. The van der Waals surface area contributed by atoms with Gasteiger partial charge in [-0.1, -0.05) is 36.4 Å². The van der Waals surface area contributed by atoms with Crippen molar-refractivity contribution in [3.05, 3.63) is 48.0 Å². The molecule has 1 aliphatic carbocycles. The van der Waals surface area contributed by atoms with E-state index in [1.54, 1.807) is 6.08 Å². The summed E-state index contributed by atoms with van der Waals surface area (Å²) in [5.41, 5.74) is 1.56. The smallest absolute Gasteiger partial charge is 0.322 e. The number of rotatable bonds is 8. The molecule has 3 unspecified atom stereocenters. The van der Waals surface area contributed by atoms with Crippen molar-refractivity contribution < 1.29 is 19.3 Å². The van der Waals surface area contributed by atoms with Crippen molar-refractivity contribution in [3.63, 3.8) is 0 Å². The molecule has 3 rings (SSSR count). The number of ketones is 1. The number of esters is 1. The van der Waals surface area contributed by atoms with Crippen LogP contribution in [0.4, 0.5) is 0 Å². The first-order valence-corrected chi connectivity index (χ1v) is 11.7. The van der Waals surface area contributed by atoms with E-state index in [9.17, 15) is 9.59 Å². The lowest BCUT2D eigenvalue weighted by Gasteiger charge is -2.19. The lowest BCUT2D eigenvalue weighted by Crippen LogP contribution is -2.15. The van der Waals surface area contributed by atoms with E-state index in [1.165, 1.54) is 12.8 Å². The summed E-state index contributed by atoms with van der Waals surface area (Å²) in [5, 5.41) is 8.99. The lowest BCUT2D eigenvalue weighted by atomic mass is 9.92. The van der Waals surface area contributed by atoms with Crippen LogP contribution < -0.4 is 0 Å². The van der Waals surface area contributed by atoms with Crippen molar-refractivity contribution in [2.75, 3.05) is 0 Å². The number of benzene rings is 1. The van der Waals surface area contributed by atoms with Crippen LogP contribution in [0, 0.1) is 11.8 Å². The van der Waals surface area contributed by atoms with Crippen molar-refractivity contribution in [2.45, 2.75) is 37.4 Å². The third-order valence-electron chi connectivity index (χ3n) is 4.95. The first-order chi connectivity index (χ1) is 12.2. The van der Waals surface area contributed by atoms with Crippen LogP contribution in [0.2, 0.25) is 0 Å². The maximum atomic E-state index is 12.2. The lowest BCUT2D eigenvalue weighted by molar-refractivity contribution is -0.141. The molecule has 2 fully saturated rings. The largest absolute Gasteiger partial charge is 0.462 e. The van der Waals surface area contributed by atoms with Gasteiger partial charge in [0.1, 0.15) is 6.10 Å². The number of fused-ring (bicyclic) bond motifs is 1. The van der Waals surface area contributed by atoms with Crippen LogP contribution in [0.15, 0.2) is 42.5 Å². The minimum atomic E-state index is -0.123. The molecule has 0 aromatic heterocycles. The van der Waals surface area contributed by atoms with E-state index < -0.39 is 0 Å². The quantitative estimate of drug-likeness (QED) is 0.329. The summed E-state index contributed by atoms with van der Waals surface area (Å²) in [4.78, 5) is 23.8. The summed E-state index contributed by atoms with van der Waals surface area (Å²) < 4.78 is 5.41. The normalized spacial score (nSPS) is 29.1. The second-order valence-corrected chi connectivity index (χ2v) is 9.85.